The fourth-order valence-corrected chi connectivity index (χ4v) is 4.45. The first-order valence-corrected chi connectivity index (χ1v) is 11.2. The highest BCUT2D eigenvalue weighted by Gasteiger charge is 2.30. The molecule has 0 unspecified atom stereocenters. The molecule has 1 aromatic heterocycles. The van der Waals surface area contributed by atoms with Crippen molar-refractivity contribution in [1.82, 2.24) is 15.1 Å². The zero-order chi connectivity index (χ0) is 22.5. The molecule has 1 saturated heterocycles. The summed E-state index contributed by atoms with van der Waals surface area (Å²) < 4.78 is 21.6. The van der Waals surface area contributed by atoms with Gasteiger partial charge in [-0.3, -0.25) is 4.79 Å². The Morgan fingerprint density at radius 3 is 2.56 bits per heavy atom. The minimum Gasteiger partial charge on any atom is -0.497 e. The summed E-state index contributed by atoms with van der Waals surface area (Å²) in [5, 5.41) is 8.52. The second-order valence-electron chi connectivity index (χ2n) is 7.25. The molecule has 1 atom stereocenters. The van der Waals surface area contributed by atoms with Crippen molar-refractivity contribution >= 4 is 17.7 Å². The zero-order valence-corrected chi connectivity index (χ0v) is 19.1. The molecule has 2 heterocycles. The summed E-state index contributed by atoms with van der Waals surface area (Å²) in [6.07, 6.45) is 1.87. The third-order valence-corrected chi connectivity index (χ3v) is 6.23. The molecule has 1 amide bonds. The number of benzene rings is 2. The molecule has 168 valence electrons. The molecule has 1 aliphatic rings. The van der Waals surface area contributed by atoms with Gasteiger partial charge in [-0.15, -0.1) is 10.2 Å². The predicted molar refractivity (Wildman–Crippen MR) is 120 cm³/mol. The van der Waals surface area contributed by atoms with Crippen LogP contribution in [0.4, 0.5) is 0 Å². The van der Waals surface area contributed by atoms with E-state index in [-0.39, 0.29) is 17.7 Å². The number of methoxy groups -OCH3 is 3. The van der Waals surface area contributed by atoms with Crippen LogP contribution in [0.15, 0.2) is 52.1 Å². The first-order valence-electron chi connectivity index (χ1n) is 10.2. The molecule has 0 saturated carbocycles. The van der Waals surface area contributed by atoms with Gasteiger partial charge in [0.05, 0.1) is 33.1 Å². The van der Waals surface area contributed by atoms with E-state index in [2.05, 4.69) is 10.2 Å². The second kappa shape index (κ2) is 9.95. The molecule has 1 aliphatic heterocycles. The number of hydrogen-bond acceptors (Lipinski definition) is 8. The lowest BCUT2D eigenvalue weighted by Gasteiger charge is -2.25. The minimum atomic E-state index is 0.0143. The molecule has 0 bridgehead atoms. The highest BCUT2D eigenvalue weighted by atomic mass is 32.2. The third kappa shape index (κ3) is 4.67. The van der Waals surface area contributed by atoms with Gasteiger partial charge in [0.2, 0.25) is 11.8 Å². The van der Waals surface area contributed by atoms with Crippen LogP contribution in [0, 0.1) is 0 Å². The molecule has 8 nitrogen and oxygen atoms in total. The standard InChI is InChI=1S/C23H25N3O5S/c1-28-17-9-6-15(7-10-17)22-24-25-23(31-22)32-14-21(27)26-12-4-5-18(26)16-8-11-19(29-2)20(13-16)30-3/h6-11,13,18H,4-5,12,14H2,1-3H3/t18-/m0/s1. The van der Waals surface area contributed by atoms with Crippen LogP contribution in [0.2, 0.25) is 0 Å². The van der Waals surface area contributed by atoms with Crippen molar-refractivity contribution in [3.05, 3.63) is 48.0 Å². The summed E-state index contributed by atoms with van der Waals surface area (Å²) in [6.45, 7) is 0.722. The van der Waals surface area contributed by atoms with Crippen LogP contribution in [-0.2, 0) is 4.79 Å². The molecular formula is C23H25N3O5S. The number of aromatic nitrogens is 2. The molecule has 3 aromatic rings. The van der Waals surface area contributed by atoms with Gasteiger partial charge in [0, 0.05) is 12.1 Å². The SMILES string of the molecule is COc1ccc(-c2nnc(SCC(=O)N3CCC[C@H]3c3ccc(OC)c(OC)c3)o2)cc1. The van der Waals surface area contributed by atoms with E-state index in [0.29, 0.717) is 22.6 Å². The van der Waals surface area contributed by atoms with Gasteiger partial charge in [-0.05, 0) is 54.8 Å². The first kappa shape index (κ1) is 22.0. The number of thioether (sulfide) groups is 1. The number of nitrogens with zero attached hydrogens (tertiary/aromatic N) is 3. The zero-order valence-electron chi connectivity index (χ0n) is 18.2. The van der Waals surface area contributed by atoms with Crippen molar-refractivity contribution in [1.29, 1.82) is 0 Å². The molecule has 0 radical (unpaired) electrons. The highest BCUT2D eigenvalue weighted by Crippen LogP contribution is 2.37. The van der Waals surface area contributed by atoms with Crippen molar-refractivity contribution in [2.45, 2.75) is 24.1 Å². The molecular weight excluding hydrogens is 430 g/mol. The summed E-state index contributed by atoms with van der Waals surface area (Å²) in [6, 6.07) is 13.2. The number of ether oxygens (including phenoxy) is 3. The lowest BCUT2D eigenvalue weighted by atomic mass is 10.0. The number of likely N-dealkylation sites (tertiary alicyclic amines) is 1. The topological polar surface area (TPSA) is 86.9 Å². The summed E-state index contributed by atoms with van der Waals surface area (Å²) in [5.41, 5.74) is 1.84. The Bertz CT molecular complexity index is 1070. The molecule has 0 N–H and O–H groups in total. The number of carbonyl (C=O) groups is 1. The van der Waals surface area contributed by atoms with E-state index < -0.39 is 0 Å². The largest absolute Gasteiger partial charge is 0.497 e. The Morgan fingerprint density at radius 2 is 1.84 bits per heavy atom. The van der Waals surface area contributed by atoms with E-state index >= 15 is 0 Å². The van der Waals surface area contributed by atoms with Crippen molar-refractivity contribution in [3.8, 4) is 28.7 Å². The average Bonchev–Trinajstić information content (AvgIpc) is 3.52. The van der Waals surface area contributed by atoms with Gasteiger partial charge in [0.15, 0.2) is 11.5 Å². The molecule has 0 aliphatic carbocycles. The summed E-state index contributed by atoms with van der Waals surface area (Å²) in [4.78, 5) is 14.9. The molecule has 32 heavy (non-hydrogen) atoms. The summed E-state index contributed by atoms with van der Waals surface area (Å²) in [5.74, 6) is 2.77. The van der Waals surface area contributed by atoms with Crippen LogP contribution in [0.25, 0.3) is 11.5 Å². The number of hydrogen-bond donors (Lipinski definition) is 0. The van der Waals surface area contributed by atoms with E-state index in [0.717, 1.165) is 36.3 Å². The number of amides is 1. The summed E-state index contributed by atoms with van der Waals surface area (Å²) in [7, 11) is 4.84. The van der Waals surface area contributed by atoms with Gasteiger partial charge in [-0.1, -0.05) is 17.8 Å². The Balaban J connectivity index is 1.40. The minimum absolute atomic E-state index is 0.0143. The maximum atomic E-state index is 13.0. The first-order chi connectivity index (χ1) is 15.6. The van der Waals surface area contributed by atoms with Crippen molar-refractivity contribution in [2.75, 3.05) is 33.6 Å². The van der Waals surface area contributed by atoms with Crippen LogP contribution in [0.3, 0.4) is 0 Å². The third-order valence-electron chi connectivity index (χ3n) is 5.43. The maximum absolute atomic E-state index is 13.0. The highest BCUT2D eigenvalue weighted by molar-refractivity contribution is 7.99. The molecule has 4 rings (SSSR count). The number of rotatable bonds is 8. The lowest BCUT2D eigenvalue weighted by Crippen LogP contribution is -2.32. The van der Waals surface area contributed by atoms with E-state index in [9.17, 15) is 4.79 Å². The van der Waals surface area contributed by atoms with E-state index in [1.54, 1.807) is 21.3 Å². The fourth-order valence-electron chi connectivity index (χ4n) is 3.80. The fraction of sp³-hybridized carbons (Fsp3) is 0.348. The van der Waals surface area contributed by atoms with Gasteiger partial charge >= 0.3 is 0 Å². The maximum Gasteiger partial charge on any atom is 0.277 e. The van der Waals surface area contributed by atoms with Crippen LogP contribution in [-0.4, -0.2) is 54.6 Å². The van der Waals surface area contributed by atoms with Gasteiger partial charge in [0.1, 0.15) is 5.75 Å². The average molecular weight is 456 g/mol. The quantitative estimate of drug-likeness (QED) is 0.467. The van der Waals surface area contributed by atoms with Crippen LogP contribution in [0.5, 0.6) is 17.2 Å². The molecule has 1 fully saturated rings. The van der Waals surface area contributed by atoms with Crippen molar-refractivity contribution < 1.29 is 23.4 Å². The van der Waals surface area contributed by atoms with Crippen molar-refractivity contribution in [2.24, 2.45) is 0 Å². The van der Waals surface area contributed by atoms with Crippen LogP contribution in [0.1, 0.15) is 24.4 Å². The Labute approximate surface area is 190 Å². The smallest absolute Gasteiger partial charge is 0.277 e. The van der Waals surface area contributed by atoms with Gasteiger partial charge in [-0.2, -0.15) is 0 Å². The molecule has 2 aromatic carbocycles. The van der Waals surface area contributed by atoms with Gasteiger partial charge in [0.25, 0.3) is 5.22 Å². The number of carbonyl (C=O) groups excluding carboxylic acids is 1. The van der Waals surface area contributed by atoms with Crippen molar-refractivity contribution in [3.63, 3.8) is 0 Å². The second-order valence-corrected chi connectivity index (χ2v) is 8.18. The van der Waals surface area contributed by atoms with E-state index in [1.165, 1.54) is 11.8 Å². The lowest BCUT2D eigenvalue weighted by molar-refractivity contribution is -0.129. The molecule has 9 heteroatoms. The van der Waals surface area contributed by atoms with Gasteiger partial charge < -0.3 is 23.5 Å². The monoisotopic (exact) mass is 455 g/mol. The summed E-state index contributed by atoms with van der Waals surface area (Å²) >= 11 is 1.25. The van der Waals surface area contributed by atoms with E-state index in [1.807, 2.05) is 47.4 Å². The Morgan fingerprint density at radius 1 is 1.06 bits per heavy atom. The van der Waals surface area contributed by atoms with Crippen LogP contribution < -0.4 is 14.2 Å². The normalized spacial score (nSPS) is 15.6. The van der Waals surface area contributed by atoms with Gasteiger partial charge in [-0.25, -0.2) is 0 Å². The molecule has 0 spiro atoms. The predicted octanol–water partition coefficient (Wildman–Crippen LogP) is 4.22. The van der Waals surface area contributed by atoms with E-state index in [4.69, 9.17) is 18.6 Å². The Hall–Kier alpha value is -3.20. The Kier molecular flexibility index (Phi) is 6.84. The van der Waals surface area contributed by atoms with Crippen LogP contribution >= 0.6 is 11.8 Å².